The van der Waals surface area contributed by atoms with Crippen LogP contribution in [0, 0.1) is 10.1 Å². The minimum Gasteiger partial charge on any atom is -0.328 e. The van der Waals surface area contributed by atoms with Gasteiger partial charge in [-0.25, -0.2) is 10.1 Å². The van der Waals surface area contributed by atoms with Gasteiger partial charge in [0.1, 0.15) is 11.3 Å². The summed E-state index contributed by atoms with van der Waals surface area (Å²) in [5.41, 5.74) is 2.88. The van der Waals surface area contributed by atoms with Gasteiger partial charge in [0, 0.05) is 0 Å². The molecular weight excluding hydrogens is 220 g/mol. The fourth-order valence-corrected chi connectivity index (χ4v) is 1.50. The summed E-state index contributed by atoms with van der Waals surface area (Å²) in [5, 5.41) is 31.8. The molecule has 12 nitrogen and oxygen atoms in total. The van der Waals surface area contributed by atoms with E-state index in [1.807, 2.05) is 0 Å². The van der Waals surface area contributed by atoms with Gasteiger partial charge < -0.3 is 16.0 Å². The Balaban J connectivity index is 1.81. The minimum absolute atomic E-state index is 0.0683. The van der Waals surface area contributed by atoms with Crippen molar-refractivity contribution in [2.24, 2.45) is 5.10 Å². The van der Waals surface area contributed by atoms with Gasteiger partial charge in [0.15, 0.2) is 11.2 Å². The lowest BCUT2D eigenvalue weighted by Crippen LogP contribution is -2.52. The van der Waals surface area contributed by atoms with Crippen LogP contribution >= 0.6 is 0 Å². The number of aromatic nitrogens is 4. The van der Waals surface area contributed by atoms with Crippen LogP contribution < -0.4 is 21.4 Å². The smallest absolute Gasteiger partial charge is 0.272 e. The van der Waals surface area contributed by atoms with E-state index in [1.54, 1.807) is 0 Å². The second kappa shape index (κ2) is 2.91. The third-order valence-corrected chi connectivity index (χ3v) is 2.11. The maximum Gasteiger partial charge on any atom is 0.272 e. The number of tetrazole rings is 1. The summed E-state index contributed by atoms with van der Waals surface area (Å²) in [6, 6.07) is 0. The molecule has 3 rings (SSSR count). The third kappa shape index (κ3) is 1.23. The summed E-state index contributed by atoms with van der Waals surface area (Å²) in [5.74, 6) is 0.483. The molecule has 0 unspecified atom stereocenters. The maximum absolute atomic E-state index is 10.2. The van der Waals surface area contributed by atoms with E-state index in [9.17, 15) is 10.1 Å². The predicted molar refractivity (Wildman–Crippen MR) is 49.1 cm³/mol. The Morgan fingerprint density at radius 1 is 1.38 bits per heavy atom. The van der Waals surface area contributed by atoms with Gasteiger partial charge in [0.05, 0.1) is 0 Å². The first kappa shape index (κ1) is 8.63. The highest BCUT2D eigenvalue weighted by atomic mass is 16.7. The van der Waals surface area contributed by atoms with E-state index in [0.717, 1.165) is 0 Å². The molecule has 2 aliphatic heterocycles. The molecule has 0 spiro atoms. The van der Waals surface area contributed by atoms with Crippen LogP contribution in [0.3, 0.4) is 0 Å². The number of rotatable bonds is 1. The van der Waals surface area contributed by atoms with Crippen LogP contribution in [0.2, 0.25) is 0 Å². The molecule has 3 heterocycles. The largest absolute Gasteiger partial charge is 0.328 e. The first-order valence-electron chi connectivity index (χ1n) is 4.30. The number of anilines is 1. The molecule has 0 radical (unpaired) electrons. The zero-order valence-electron chi connectivity index (χ0n) is 7.65. The lowest BCUT2D eigenvalue weighted by atomic mass is 10.4. The van der Waals surface area contributed by atoms with Crippen LogP contribution in [0.1, 0.15) is 0 Å². The van der Waals surface area contributed by atoms with Crippen molar-refractivity contribution < 1.29 is 5.03 Å². The Bertz CT molecular complexity index is 435. The summed E-state index contributed by atoms with van der Waals surface area (Å²) < 4.78 is 0. The summed E-state index contributed by atoms with van der Waals surface area (Å²) in [6.07, 6.45) is -0.633. The van der Waals surface area contributed by atoms with Gasteiger partial charge in [-0.2, -0.15) is 0 Å². The molecule has 0 aromatic carbocycles. The van der Waals surface area contributed by atoms with E-state index in [4.69, 9.17) is 0 Å². The molecule has 2 aliphatic rings. The van der Waals surface area contributed by atoms with Gasteiger partial charge in [-0.15, -0.1) is 4.79 Å². The Morgan fingerprint density at radius 3 is 3.00 bits per heavy atom. The molecule has 1 aromatic heterocycles. The van der Waals surface area contributed by atoms with Crippen LogP contribution in [0.4, 0.5) is 5.95 Å². The number of guanidine groups is 1. The van der Waals surface area contributed by atoms with Gasteiger partial charge in [-0.05, 0) is 10.4 Å². The van der Waals surface area contributed by atoms with Gasteiger partial charge in [-0.3, -0.25) is 5.43 Å². The predicted octanol–water partition coefficient (Wildman–Crippen LogP) is -2.97. The maximum atomic E-state index is 10.2. The lowest BCUT2D eigenvalue weighted by Gasteiger charge is -2.26. The van der Waals surface area contributed by atoms with Crippen molar-refractivity contribution in [3.05, 3.63) is 10.1 Å². The zero-order chi connectivity index (χ0) is 11.1. The summed E-state index contributed by atoms with van der Waals surface area (Å²) in [6.45, 7) is 0. The van der Waals surface area contributed by atoms with Crippen LogP contribution in [-0.4, -0.2) is 43.6 Å². The first-order chi connectivity index (χ1) is 7.72. The molecule has 1 aromatic rings. The third-order valence-electron chi connectivity index (χ3n) is 2.11. The molecule has 0 aliphatic carbocycles. The Labute approximate surface area is 87.2 Å². The average molecular weight is 226 g/mol. The average Bonchev–Trinajstić information content (AvgIpc) is 2.76. The normalized spacial score (nSPS) is 28.1. The fourth-order valence-electron chi connectivity index (χ4n) is 1.50. The van der Waals surface area contributed by atoms with Crippen LogP contribution in [0.15, 0.2) is 5.10 Å². The van der Waals surface area contributed by atoms with Crippen LogP contribution in [0.5, 0.6) is 0 Å². The van der Waals surface area contributed by atoms with Gasteiger partial charge in [0.2, 0.25) is 0 Å². The van der Waals surface area contributed by atoms with Crippen molar-refractivity contribution in [2.75, 3.05) is 10.7 Å². The summed E-state index contributed by atoms with van der Waals surface area (Å²) >= 11 is 0. The molecule has 0 amide bonds. The summed E-state index contributed by atoms with van der Waals surface area (Å²) in [4.78, 5) is 11.5. The van der Waals surface area contributed by atoms with Crippen molar-refractivity contribution in [3.8, 4) is 0 Å². The number of nitro groups is 1. The Morgan fingerprint density at radius 2 is 2.19 bits per heavy atom. The molecule has 4 N–H and O–H groups in total. The highest BCUT2D eigenvalue weighted by Crippen LogP contribution is 2.11. The van der Waals surface area contributed by atoms with Crippen LogP contribution in [-0.2, 0) is 0 Å². The van der Waals surface area contributed by atoms with Crippen molar-refractivity contribution in [1.29, 1.82) is 0 Å². The Hall–Kier alpha value is -2.66. The van der Waals surface area contributed by atoms with Crippen LogP contribution in [0.25, 0.3) is 0 Å². The Kier molecular flexibility index (Phi) is 1.57. The van der Waals surface area contributed by atoms with Gasteiger partial charge in [-0.1, -0.05) is 5.10 Å². The fraction of sp³-hybridized carbons (Fsp3) is 0.500. The number of hydrogen-bond donors (Lipinski definition) is 4. The van der Waals surface area contributed by atoms with Crippen molar-refractivity contribution in [3.63, 3.8) is 0 Å². The molecule has 2 atom stereocenters. The molecule has 16 heavy (non-hydrogen) atoms. The van der Waals surface area contributed by atoms with E-state index in [1.165, 1.54) is 4.79 Å². The summed E-state index contributed by atoms with van der Waals surface area (Å²) in [7, 11) is 0. The minimum atomic E-state index is -0.787. The van der Waals surface area contributed by atoms with E-state index in [-0.39, 0.29) is 18.3 Å². The lowest BCUT2D eigenvalue weighted by molar-refractivity contribution is -0.485. The number of nitrogens with one attached hydrogen (secondary N) is 4. The van der Waals surface area contributed by atoms with Crippen molar-refractivity contribution in [1.82, 2.24) is 30.9 Å². The van der Waals surface area contributed by atoms with Crippen molar-refractivity contribution >= 4 is 11.9 Å². The van der Waals surface area contributed by atoms with Gasteiger partial charge >= 0.3 is 0 Å². The van der Waals surface area contributed by atoms with E-state index in [2.05, 4.69) is 42.0 Å². The number of fused-ring (bicyclic) bond motifs is 2. The highest BCUT2D eigenvalue weighted by Gasteiger charge is 2.37. The number of hydrogen-bond acceptors (Lipinski definition) is 7. The molecule has 0 bridgehead atoms. The van der Waals surface area contributed by atoms with Gasteiger partial charge in [0.25, 0.3) is 11.9 Å². The number of nitrogens with zero attached hydrogens (tertiary/aromatic N) is 6. The molecule has 12 heteroatoms. The second-order valence-electron chi connectivity index (χ2n) is 3.12. The van der Waals surface area contributed by atoms with Crippen molar-refractivity contribution in [2.45, 2.75) is 12.3 Å². The molecule has 84 valence electrons. The first-order valence-corrected chi connectivity index (χ1v) is 4.30. The van der Waals surface area contributed by atoms with E-state index in [0.29, 0.717) is 5.95 Å². The SMILES string of the molecule is O=[N+]([O-])/N=C1\N[C@@H]2Nc3nnnn3N[C@H]2N1. The number of hydrazone groups is 1. The molecular formula is C4H6N10O2. The van der Waals surface area contributed by atoms with E-state index < -0.39 is 5.03 Å². The molecule has 1 saturated heterocycles. The van der Waals surface area contributed by atoms with E-state index >= 15 is 0 Å². The quantitative estimate of drug-likeness (QED) is 0.291. The topological polar surface area (TPSA) is 147 Å². The molecule has 1 fully saturated rings. The monoisotopic (exact) mass is 226 g/mol. The molecule has 0 saturated carbocycles. The zero-order valence-corrected chi connectivity index (χ0v) is 7.65. The second-order valence-corrected chi connectivity index (χ2v) is 3.12. The standard InChI is InChI=1S/C4H6N10O2/c15-14(16)10-3-5-1-2(6-3)9-13-4(7-1)8-11-12-13/h1-2,9H,(H2,5,6,10)(H,7,8,12)/t1-,2-/m1/s1. The highest BCUT2D eigenvalue weighted by molar-refractivity contribution is 5.83.